The van der Waals surface area contributed by atoms with Crippen molar-refractivity contribution in [1.29, 1.82) is 5.26 Å². The van der Waals surface area contributed by atoms with Crippen LogP contribution >= 0.6 is 0 Å². The number of rotatable bonds is 7. The molecule has 1 rings (SSSR count). The highest BCUT2D eigenvalue weighted by Crippen LogP contribution is 2.29. The van der Waals surface area contributed by atoms with E-state index in [-0.39, 0.29) is 5.57 Å². The Kier molecular flexibility index (Phi) is 6.28. The van der Waals surface area contributed by atoms with E-state index in [4.69, 9.17) is 20.5 Å². The molecule has 1 aromatic rings. The predicted molar refractivity (Wildman–Crippen MR) is 80.7 cm³/mol. The Morgan fingerprint density at radius 3 is 2.67 bits per heavy atom. The third-order valence-corrected chi connectivity index (χ3v) is 2.84. The number of nitrogens with two attached hydrogens (primary N) is 1. The molecule has 1 aromatic carbocycles. The number of amides is 1. The molecule has 0 bridgehead atoms. The zero-order chi connectivity index (χ0) is 15.8. The number of primary amides is 1. The van der Waals surface area contributed by atoms with E-state index in [9.17, 15) is 4.79 Å². The van der Waals surface area contributed by atoms with Gasteiger partial charge in [-0.25, -0.2) is 0 Å². The minimum atomic E-state index is -0.756. The summed E-state index contributed by atoms with van der Waals surface area (Å²) in [6.07, 6.45) is 2.37. The molecule has 5 nitrogen and oxygen atoms in total. The Hall–Kier alpha value is -2.48. The topological polar surface area (TPSA) is 85.3 Å². The number of hydrogen-bond acceptors (Lipinski definition) is 4. The molecule has 0 heterocycles. The molecule has 112 valence electrons. The lowest BCUT2D eigenvalue weighted by atomic mass is 10.1. The summed E-state index contributed by atoms with van der Waals surface area (Å²) < 4.78 is 10.9. The molecule has 0 saturated carbocycles. The van der Waals surface area contributed by atoms with Gasteiger partial charge in [0, 0.05) is 0 Å². The number of hydrogen-bond donors (Lipinski definition) is 1. The fourth-order valence-corrected chi connectivity index (χ4v) is 1.62. The largest absolute Gasteiger partial charge is 0.493 e. The number of ether oxygens (including phenoxy) is 2. The van der Waals surface area contributed by atoms with Gasteiger partial charge in [-0.05, 0) is 36.1 Å². The molecular weight excluding hydrogens is 268 g/mol. The zero-order valence-electron chi connectivity index (χ0n) is 12.6. The Morgan fingerprint density at radius 1 is 1.43 bits per heavy atom. The fourth-order valence-electron chi connectivity index (χ4n) is 1.62. The number of carbonyl (C=O) groups is 1. The first-order chi connectivity index (χ1) is 9.97. The second-order valence-corrected chi connectivity index (χ2v) is 4.98. The summed E-state index contributed by atoms with van der Waals surface area (Å²) in [5.41, 5.74) is 5.65. The van der Waals surface area contributed by atoms with E-state index in [2.05, 4.69) is 13.8 Å². The van der Waals surface area contributed by atoms with Crippen molar-refractivity contribution in [3.8, 4) is 17.6 Å². The molecule has 5 heteroatoms. The van der Waals surface area contributed by atoms with Gasteiger partial charge in [0.2, 0.25) is 0 Å². The molecule has 0 aromatic heterocycles. The van der Waals surface area contributed by atoms with Crippen molar-refractivity contribution in [3.63, 3.8) is 0 Å². The van der Waals surface area contributed by atoms with Gasteiger partial charge in [0.15, 0.2) is 11.5 Å². The molecule has 1 amide bonds. The third kappa shape index (κ3) is 5.19. The summed E-state index contributed by atoms with van der Waals surface area (Å²) in [6.45, 7) is 4.86. The van der Waals surface area contributed by atoms with Crippen molar-refractivity contribution in [2.45, 2.75) is 20.3 Å². The van der Waals surface area contributed by atoms with Crippen LogP contribution in [-0.4, -0.2) is 19.6 Å². The molecule has 2 N–H and O–H groups in total. The van der Waals surface area contributed by atoms with Crippen LogP contribution in [0.25, 0.3) is 6.08 Å². The fraction of sp³-hybridized carbons (Fsp3) is 0.375. The van der Waals surface area contributed by atoms with Crippen LogP contribution in [0.3, 0.4) is 0 Å². The summed E-state index contributed by atoms with van der Waals surface area (Å²) in [4.78, 5) is 11.0. The standard InChI is InChI=1S/C16H20N2O3/c1-11(2)6-7-21-14-5-4-12(9-15(14)20-3)8-13(10-17)16(18)19/h4-5,8-9,11H,6-7H2,1-3H3,(H2,18,19)/b13-8+. The van der Waals surface area contributed by atoms with E-state index in [0.29, 0.717) is 29.6 Å². The van der Waals surface area contributed by atoms with E-state index in [1.54, 1.807) is 24.3 Å². The van der Waals surface area contributed by atoms with E-state index in [0.717, 1.165) is 6.42 Å². The predicted octanol–water partition coefficient (Wildman–Crippen LogP) is 2.51. The highest BCUT2D eigenvalue weighted by atomic mass is 16.5. The number of benzene rings is 1. The molecule has 0 spiro atoms. The highest BCUT2D eigenvalue weighted by molar-refractivity contribution is 6.00. The summed E-state index contributed by atoms with van der Waals surface area (Å²) in [5.74, 6) is 0.989. The third-order valence-electron chi connectivity index (χ3n) is 2.84. The second kappa shape index (κ2) is 7.95. The van der Waals surface area contributed by atoms with Gasteiger partial charge in [-0.15, -0.1) is 0 Å². The van der Waals surface area contributed by atoms with Crippen LogP contribution in [-0.2, 0) is 4.79 Å². The molecular formula is C16H20N2O3. The van der Waals surface area contributed by atoms with Gasteiger partial charge in [0.1, 0.15) is 11.6 Å². The van der Waals surface area contributed by atoms with Crippen molar-refractivity contribution in [1.82, 2.24) is 0 Å². The Morgan fingerprint density at radius 2 is 2.14 bits per heavy atom. The molecule has 0 atom stereocenters. The molecule has 0 fully saturated rings. The van der Waals surface area contributed by atoms with Crippen molar-refractivity contribution < 1.29 is 14.3 Å². The van der Waals surface area contributed by atoms with Gasteiger partial charge >= 0.3 is 0 Å². The van der Waals surface area contributed by atoms with Crippen LogP contribution < -0.4 is 15.2 Å². The number of carbonyl (C=O) groups excluding carboxylic acids is 1. The molecule has 0 unspecified atom stereocenters. The molecule has 0 radical (unpaired) electrons. The highest BCUT2D eigenvalue weighted by Gasteiger charge is 2.08. The van der Waals surface area contributed by atoms with Crippen LogP contribution in [0.15, 0.2) is 23.8 Å². The first kappa shape index (κ1) is 16.6. The van der Waals surface area contributed by atoms with Crippen molar-refractivity contribution in [2.24, 2.45) is 11.7 Å². The zero-order valence-corrected chi connectivity index (χ0v) is 12.6. The van der Waals surface area contributed by atoms with E-state index in [1.165, 1.54) is 13.2 Å². The molecule has 0 aliphatic rings. The molecule has 0 aliphatic heterocycles. The monoisotopic (exact) mass is 288 g/mol. The first-order valence-electron chi connectivity index (χ1n) is 6.70. The average molecular weight is 288 g/mol. The van der Waals surface area contributed by atoms with Gasteiger partial charge in [-0.2, -0.15) is 5.26 Å². The summed E-state index contributed by atoms with van der Waals surface area (Å²) >= 11 is 0. The van der Waals surface area contributed by atoms with Gasteiger partial charge < -0.3 is 15.2 Å². The second-order valence-electron chi connectivity index (χ2n) is 4.98. The maximum atomic E-state index is 11.0. The van der Waals surface area contributed by atoms with Crippen LogP contribution in [0.2, 0.25) is 0 Å². The normalized spacial score (nSPS) is 11.1. The summed E-state index contributed by atoms with van der Waals surface area (Å²) in [7, 11) is 1.54. The minimum Gasteiger partial charge on any atom is -0.493 e. The van der Waals surface area contributed by atoms with Crippen molar-refractivity contribution >= 4 is 12.0 Å². The van der Waals surface area contributed by atoms with E-state index in [1.807, 2.05) is 0 Å². The maximum Gasteiger partial charge on any atom is 0.259 e. The van der Waals surface area contributed by atoms with Crippen LogP contribution in [0.4, 0.5) is 0 Å². The van der Waals surface area contributed by atoms with Crippen molar-refractivity contribution in [2.75, 3.05) is 13.7 Å². The lowest BCUT2D eigenvalue weighted by Crippen LogP contribution is -2.12. The lowest BCUT2D eigenvalue weighted by molar-refractivity contribution is -0.114. The summed E-state index contributed by atoms with van der Waals surface area (Å²) in [5, 5.41) is 8.83. The Balaban J connectivity index is 2.93. The number of nitrogens with zero attached hydrogens (tertiary/aromatic N) is 1. The van der Waals surface area contributed by atoms with Crippen LogP contribution in [0, 0.1) is 17.2 Å². The smallest absolute Gasteiger partial charge is 0.259 e. The SMILES string of the molecule is COc1cc(/C=C(\C#N)C(N)=O)ccc1OCCC(C)C. The number of methoxy groups -OCH3 is 1. The maximum absolute atomic E-state index is 11.0. The van der Waals surface area contributed by atoms with Gasteiger partial charge in [0.25, 0.3) is 5.91 Å². The summed E-state index contributed by atoms with van der Waals surface area (Å²) in [6, 6.07) is 6.96. The first-order valence-corrected chi connectivity index (χ1v) is 6.70. The lowest BCUT2D eigenvalue weighted by Gasteiger charge is -2.12. The molecule has 0 saturated heterocycles. The van der Waals surface area contributed by atoms with Crippen LogP contribution in [0.1, 0.15) is 25.8 Å². The molecule has 21 heavy (non-hydrogen) atoms. The van der Waals surface area contributed by atoms with Crippen LogP contribution in [0.5, 0.6) is 11.5 Å². The number of nitriles is 1. The van der Waals surface area contributed by atoms with E-state index < -0.39 is 5.91 Å². The van der Waals surface area contributed by atoms with E-state index >= 15 is 0 Å². The van der Waals surface area contributed by atoms with Crippen molar-refractivity contribution in [3.05, 3.63) is 29.3 Å². The van der Waals surface area contributed by atoms with Gasteiger partial charge in [0.05, 0.1) is 13.7 Å². The minimum absolute atomic E-state index is 0.106. The van der Waals surface area contributed by atoms with Gasteiger partial charge in [-0.3, -0.25) is 4.79 Å². The average Bonchev–Trinajstić information content (AvgIpc) is 2.44. The Bertz CT molecular complexity index is 571. The van der Waals surface area contributed by atoms with Gasteiger partial charge in [-0.1, -0.05) is 19.9 Å². The molecule has 0 aliphatic carbocycles. The Labute approximate surface area is 125 Å². The quantitative estimate of drug-likeness (QED) is 0.617.